The highest BCUT2D eigenvalue weighted by Crippen LogP contribution is 2.27. The summed E-state index contributed by atoms with van der Waals surface area (Å²) >= 11 is 0. The quantitative estimate of drug-likeness (QED) is 0.0794. The lowest BCUT2D eigenvalue weighted by atomic mass is 10.1. The number of primary amides is 2. The lowest BCUT2D eigenvalue weighted by Crippen LogP contribution is -2.58. The Kier molecular flexibility index (Phi) is 16.9. The maximum Gasteiger partial charge on any atom is 0.246 e. The predicted octanol–water partition coefficient (Wildman–Crippen LogP) is -5.30. The number of nitrogens with zero attached hydrogens (tertiary/aromatic N) is 4. The molecule has 0 aliphatic carbocycles. The fourth-order valence-electron chi connectivity index (χ4n) is 7.57. The summed E-state index contributed by atoms with van der Waals surface area (Å²) in [6, 6.07) is -7.14. The molecule has 0 bridgehead atoms. The van der Waals surface area contributed by atoms with E-state index in [-0.39, 0.29) is 11.8 Å². The van der Waals surface area contributed by atoms with Crippen molar-refractivity contribution < 1.29 is 53.7 Å². The zero-order valence-electron chi connectivity index (χ0n) is 32.4. The van der Waals surface area contributed by atoms with Crippen LogP contribution in [-0.4, -0.2) is 176 Å². The van der Waals surface area contributed by atoms with Crippen molar-refractivity contribution in [3.63, 3.8) is 0 Å². The molecule has 0 aromatic heterocycles. The fourth-order valence-corrected chi connectivity index (χ4v) is 7.57. The summed E-state index contributed by atoms with van der Waals surface area (Å²) in [5, 5.41) is 33.3. The molecule has 0 unspecified atom stereocenters. The van der Waals surface area contributed by atoms with E-state index in [4.69, 9.17) is 28.0 Å². The van der Waals surface area contributed by atoms with Gasteiger partial charge in [-0.15, -0.1) is 0 Å². The van der Waals surface area contributed by atoms with E-state index in [1.807, 2.05) is 0 Å². The van der Waals surface area contributed by atoms with Gasteiger partial charge >= 0.3 is 0 Å². The molecule has 0 aromatic rings. The molecule has 0 saturated carbocycles. The standard InChI is InChI=1S/C18H31N5O5.C17H29N5O6/c1-3-11(15(20)25)21-16(26)12-6-4-8-22(12)17(27)13-7-5-9-23(13)18(28)14(19)10(2)24;1-9(24)13(14(19)25)20-15(26)11-4-2-6-21(11)17(28)12-5-3-7-22(12)16(27)10(18)8-23/h10-14,24H,3-9,19H2,1-2H3,(H2,20,25)(H,21,26);9-13,23-24H,2-8,18H2,1H3,(H2,19,25)(H,20,26)/t10-,11+,12+,13+,14+;9-,10+,11+,12+,13+/m11/s1. The minimum atomic E-state index is -1.25. The smallest absolute Gasteiger partial charge is 0.246 e. The van der Waals surface area contributed by atoms with Crippen molar-refractivity contribution in [2.45, 2.75) is 139 Å². The summed E-state index contributed by atoms with van der Waals surface area (Å²) in [6.45, 7) is 5.49. The Bertz CT molecular complexity index is 1460. The number of aliphatic hydroxyl groups excluding tert-OH is 3. The van der Waals surface area contributed by atoms with Crippen molar-refractivity contribution in [3.05, 3.63) is 0 Å². The fraction of sp³-hybridized carbons (Fsp3) is 0.771. The maximum atomic E-state index is 13.1. The molecule has 56 heavy (non-hydrogen) atoms. The second kappa shape index (κ2) is 20.6. The van der Waals surface area contributed by atoms with E-state index in [1.165, 1.54) is 33.4 Å². The number of likely N-dealkylation sites (tertiary alicyclic amines) is 4. The van der Waals surface area contributed by atoms with Crippen molar-refractivity contribution in [2.75, 3.05) is 32.8 Å². The van der Waals surface area contributed by atoms with Crippen LogP contribution >= 0.6 is 0 Å². The molecule has 316 valence electrons. The summed E-state index contributed by atoms with van der Waals surface area (Å²) in [5.41, 5.74) is 21.8. The topological polar surface area (TPSA) is 338 Å². The molecule has 8 amide bonds. The number of nitrogens with two attached hydrogens (primary N) is 4. The van der Waals surface area contributed by atoms with E-state index in [0.717, 1.165) is 0 Å². The highest BCUT2D eigenvalue weighted by atomic mass is 16.3. The Labute approximate surface area is 325 Å². The van der Waals surface area contributed by atoms with Crippen LogP contribution < -0.4 is 33.6 Å². The predicted molar refractivity (Wildman–Crippen MR) is 198 cm³/mol. The summed E-state index contributed by atoms with van der Waals surface area (Å²) in [4.78, 5) is 105. The van der Waals surface area contributed by atoms with Crippen LogP contribution in [0.2, 0.25) is 0 Å². The largest absolute Gasteiger partial charge is 0.394 e. The third-order valence-electron chi connectivity index (χ3n) is 10.8. The van der Waals surface area contributed by atoms with Gasteiger partial charge in [0.2, 0.25) is 47.3 Å². The van der Waals surface area contributed by atoms with Crippen molar-refractivity contribution in [3.8, 4) is 0 Å². The molecular weight excluding hydrogens is 736 g/mol. The number of hydrogen-bond acceptors (Lipinski definition) is 13. The minimum absolute atomic E-state index is 0.298. The van der Waals surface area contributed by atoms with Gasteiger partial charge in [-0.25, -0.2) is 0 Å². The van der Waals surface area contributed by atoms with Crippen molar-refractivity contribution in [2.24, 2.45) is 22.9 Å². The third kappa shape index (κ3) is 10.9. The zero-order valence-corrected chi connectivity index (χ0v) is 32.4. The Hall–Kier alpha value is -4.44. The molecule has 4 aliphatic heterocycles. The van der Waals surface area contributed by atoms with E-state index < -0.39 is 103 Å². The Morgan fingerprint density at radius 2 is 1.04 bits per heavy atom. The molecule has 21 nitrogen and oxygen atoms in total. The Morgan fingerprint density at radius 3 is 1.41 bits per heavy atom. The minimum Gasteiger partial charge on any atom is -0.394 e. The van der Waals surface area contributed by atoms with Crippen LogP contribution in [0, 0.1) is 0 Å². The van der Waals surface area contributed by atoms with Crippen LogP contribution in [0.25, 0.3) is 0 Å². The SMILES string of the molecule is CC[C@H](NC(=O)[C@@H]1CCCN1C(=O)[C@@H]1CCCN1C(=O)[C@@H](N)[C@@H](C)O)C(N)=O.C[C@@H](O)[C@H](NC(=O)[C@@H]1CCCN1C(=O)[C@@H]1CCCN1C(=O)[C@@H](N)CO)C(N)=O. The van der Waals surface area contributed by atoms with Crippen LogP contribution in [0.3, 0.4) is 0 Å². The molecule has 21 heteroatoms. The van der Waals surface area contributed by atoms with Crippen LogP contribution in [0.1, 0.15) is 78.6 Å². The molecule has 4 aliphatic rings. The molecule has 4 saturated heterocycles. The first-order valence-corrected chi connectivity index (χ1v) is 19.3. The van der Waals surface area contributed by atoms with Gasteiger partial charge in [-0.1, -0.05) is 6.92 Å². The number of rotatable bonds is 14. The number of nitrogens with one attached hydrogen (secondary N) is 2. The van der Waals surface area contributed by atoms with Crippen LogP contribution in [-0.2, 0) is 38.4 Å². The van der Waals surface area contributed by atoms with E-state index in [0.29, 0.717) is 84.0 Å². The van der Waals surface area contributed by atoms with E-state index in [9.17, 15) is 48.6 Å². The van der Waals surface area contributed by atoms with Gasteiger partial charge in [-0.2, -0.15) is 0 Å². The Balaban J connectivity index is 0.000000300. The summed E-state index contributed by atoms with van der Waals surface area (Å²) in [5.74, 6) is -4.09. The van der Waals surface area contributed by atoms with Gasteiger partial charge in [0.05, 0.1) is 18.8 Å². The molecule has 10 atom stereocenters. The first-order valence-electron chi connectivity index (χ1n) is 19.3. The second-order valence-corrected chi connectivity index (χ2v) is 14.8. The number of amides is 8. The molecule has 4 rings (SSSR count). The van der Waals surface area contributed by atoms with Crippen LogP contribution in [0.15, 0.2) is 0 Å². The van der Waals surface area contributed by atoms with Gasteiger partial charge in [0, 0.05) is 26.2 Å². The first-order chi connectivity index (χ1) is 26.4. The first kappa shape index (κ1) is 45.9. The lowest BCUT2D eigenvalue weighted by molar-refractivity contribution is -0.148. The van der Waals surface area contributed by atoms with E-state index >= 15 is 0 Å². The molecule has 4 fully saturated rings. The van der Waals surface area contributed by atoms with Crippen molar-refractivity contribution >= 4 is 47.3 Å². The summed E-state index contributed by atoms with van der Waals surface area (Å²) < 4.78 is 0. The van der Waals surface area contributed by atoms with Crippen molar-refractivity contribution in [1.82, 2.24) is 30.2 Å². The number of carbonyl (C=O) groups is 8. The maximum absolute atomic E-state index is 13.1. The zero-order chi connectivity index (χ0) is 42.0. The highest BCUT2D eigenvalue weighted by molar-refractivity contribution is 5.96. The normalized spacial score (nSPS) is 25.3. The summed E-state index contributed by atoms with van der Waals surface area (Å²) in [7, 11) is 0. The monoisotopic (exact) mass is 796 g/mol. The average molecular weight is 797 g/mol. The molecule has 0 spiro atoms. The lowest BCUT2D eigenvalue weighted by Gasteiger charge is -2.32. The van der Waals surface area contributed by atoms with Gasteiger partial charge < -0.3 is 68.5 Å². The van der Waals surface area contributed by atoms with E-state index in [1.54, 1.807) is 6.92 Å². The molecule has 0 radical (unpaired) electrons. The molecular formula is C35H60N10O11. The number of aliphatic hydroxyl groups is 3. The molecule has 0 aromatic carbocycles. The van der Waals surface area contributed by atoms with Gasteiger partial charge in [0.1, 0.15) is 48.3 Å². The van der Waals surface area contributed by atoms with Crippen molar-refractivity contribution in [1.29, 1.82) is 0 Å². The van der Waals surface area contributed by atoms with Gasteiger partial charge in [0.25, 0.3) is 0 Å². The summed E-state index contributed by atoms with van der Waals surface area (Å²) in [6.07, 6.45) is 2.52. The molecule has 4 heterocycles. The number of hydrogen-bond donors (Lipinski definition) is 9. The van der Waals surface area contributed by atoms with Crippen LogP contribution in [0.5, 0.6) is 0 Å². The van der Waals surface area contributed by atoms with Crippen LogP contribution in [0.4, 0.5) is 0 Å². The van der Waals surface area contributed by atoms with E-state index in [2.05, 4.69) is 10.6 Å². The van der Waals surface area contributed by atoms with Gasteiger partial charge in [0.15, 0.2) is 0 Å². The highest BCUT2D eigenvalue weighted by Gasteiger charge is 2.45. The number of carbonyl (C=O) groups excluding carboxylic acids is 8. The third-order valence-corrected chi connectivity index (χ3v) is 10.8. The second-order valence-electron chi connectivity index (χ2n) is 14.8. The average Bonchev–Trinajstić information content (AvgIpc) is 4.00. The van der Waals surface area contributed by atoms with Gasteiger partial charge in [-0.05, 0) is 71.6 Å². The molecule has 13 N–H and O–H groups in total. The van der Waals surface area contributed by atoms with Gasteiger partial charge in [-0.3, -0.25) is 38.4 Å². The Morgan fingerprint density at radius 1 is 0.625 bits per heavy atom.